The first-order valence-corrected chi connectivity index (χ1v) is 9.20. The Morgan fingerprint density at radius 1 is 1.26 bits per heavy atom. The van der Waals surface area contributed by atoms with E-state index in [4.69, 9.17) is 0 Å². The van der Waals surface area contributed by atoms with E-state index < -0.39 is 20.6 Å². The average molecular weight is 346 g/mol. The number of thiophene rings is 1. The summed E-state index contributed by atoms with van der Waals surface area (Å²) in [4.78, 5) is 11.8. The third kappa shape index (κ3) is 2.85. The summed E-state index contributed by atoms with van der Waals surface area (Å²) in [6.45, 7) is 5.65. The van der Waals surface area contributed by atoms with Gasteiger partial charge < -0.3 is 0 Å². The summed E-state index contributed by atoms with van der Waals surface area (Å²) in [6.07, 6.45) is 1.39. The molecule has 0 saturated heterocycles. The van der Waals surface area contributed by atoms with Crippen LogP contribution in [0, 0.1) is 6.92 Å². The minimum atomic E-state index is -3.77. The van der Waals surface area contributed by atoms with Crippen molar-refractivity contribution >= 4 is 31.3 Å². The lowest BCUT2D eigenvalue weighted by Crippen LogP contribution is -2.16. The Morgan fingerprint density at radius 2 is 2.04 bits per heavy atom. The van der Waals surface area contributed by atoms with E-state index in [-0.39, 0.29) is 5.03 Å². The maximum atomic E-state index is 12.8. The molecule has 0 aliphatic heterocycles. The highest BCUT2D eigenvalue weighted by molar-refractivity contribution is 7.91. The molecular formula is C16H14N2O3S2. The fourth-order valence-electron chi connectivity index (χ4n) is 2.34. The van der Waals surface area contributed by atoms with Crippen LogP contribution in [0.3, 0.4) is 0 Å². The van der Waals surface area contributed by atoms with Crippen molar-refractivity contribution in [3.63, 3.8) is 0 Å². The number of benzene rings is 1. The number of nitrogens with zero attached hydrogens (tertiary/aromatic N) is 1. The average Bonchev–Trinajstić information content (AvgIpc) is 2.90. The van der Waals surface area contributed by atoms with Crippen molar-refractivity contribution in [1.29, 1.82) is 0 Å². The Bertz CT molecular complexity index is 1030. The first kappa shape index (κ1) is 15.6. The molecule has 1 aromatic carbocycles. The molecule has 1 atom stereocenters. The van der Waals surface area contributed by atoms with Crippen LogP contribution >= 0.6 is 11.3 Å². The molecule has 1 N–H and O–H groups in total. The molecule has 3 rings (SSSR count). The van der Waals surface area contributed by atoms with Crippen molar-refractivity contribution in [1.82, 2.24) is 10.2 Å². The summed E-state index contributed by atoms with van der Waals surface area (Å²) >= 11 is 1.41. The van der Waals surface area contributed by atoms with E-state index in [1.807, 2.05) is 31.2 Å². The molecule has 23 heavy (non-hydrogen) atoms. The highest BCUT2D eigenvalue weighted by Crippen LogP contribution is 2.36. The number of aromatic amines is 1. The number of aryl methyl sites for hydroxylation is 1. The van der Waals surface area contributed by atoms with E-state index in [0.29, 0.717) is 4.88 Å². The molecule has 2 aromatic heterocycles. The number of aromatic nitrogens is 2. The van der Waals surface area contributed by atoms with Crippen LogP contribution in [0.2, 0.25) is 0 Å². The minimum absolute atomic E-state index is 0.171. The zero-order valence-electron chi connectivity index (χ0n) is 12.3. The highest BCUT2D eigenvalue weighted by atomic mass is 32.2. The normalized spacial score (nSPS) is 13.1. The zero-order valence-corrected chi connectivity index (χ0v) is 13.9. The van der Waals surface area contributed by atoms with E-state index in [1.54, 1.807) is 0 Å². The molecule has 0 aliphatic rings. The molecule has 0 fully saturated rings. The standard InChI is InChI=1S/C16H14N2O3S2/c1-3-14(23(20,21)16-7-6-15(19)17-18-16)13-9-11-8-10(2)4-5-12(11)22-13/h3-9,14H,1H2,2H3,(H,17,19). The van der Waals surface area contributed by atoms with Crippen LogP contribution in [0.4, 0.5) is 0 Å². The van der Waals surface area contributed by atoms with Crippen LogP contribution in [-0.4, -0.2) is 18.6 Å². The van der Waals surface area contributed by atoms with E-state index in [2.05, 4.69) is 16.8 Å². The molecule has 2 heterocycles. The molecule has 0 spiro atoms. The number of hydrogen-bond donors (Lipinski definition) is 1. The van der Waals surface area contributed by atoms with Crippen molar-refractivity contribution in [2.75, 3.05) is 0 Å². The number of hydrogen-bond acceptors (Lipinski definition) is 5. The first-order chi connectivity index (χ1) is 10.9. The number of rotatable bonds is 4. The van der Waals surface area contributed by atoms with Gasteiger partial charge in [0, 0.05) is 15.6 Å². The number of fused-ring (bicyclic) bond motifs is 1. The molecule has 3 aromatic rings. The minimum Gasteiger partial charge on any atom is -0.268 e. The van der Waals surface area contributed by atoms with Crippen molar-refractivity contribution in [2.45, 2.75) is 17.2 Å². The molecule has 118 valence electrons. The van der Waals surface area contributed by atoms with Gasteiger partial charge in [-0.05, 0) is 30.5 Å². The third-order valence-electron chi connectivity index (χ3n) is 3.46. The van der Waals surface area contributed by atoms with E-state index >= 15 is 0 Å². The third-order valence-corrected chi connectivity index (χ3v) is 6.74. The Kier molecular flexibility index (Phi) is 3.91. The van der Waals surface area contributed by atoms with Gasteiger partial charge in [0.2, 0.25) is 9.84 Å². The van der Waals surface area contributed by atoms with Gasteiger partial charge in [-0.3, -0.25) is 4.79 Å². The molecule has 7 heteroatoms. The molecule has 0 radical (unpaired) electrons. The maximum absolute atomic E-state index is 12.8. The van der Waals surface area contributed by atoms with Gasteiger partial charge in [-0.15, -0.1) is 17.9 Å². The first-order valence-electron chi connectivity index (χ1n) is 6.84. The Labute approximate surface area is 137 Å². The quantitative estimate of drug-likeness (QED) is 0.737. The summed E-state index contributed by atoms with van der Waals surface area (Å²) < 4.78 is 26.6. The van der Waals surface area contributed by atoms with Crippen LogP contribution in [0.25, 0.3) is 10.1 Å². The lowest BCUT2D eigenvalue weighted by molar-refractivity contribution is 0.584. The summed E-state index contributed by atoms with van der Waals surface area (Å²) in [5, 5.41) is 5.73. The van der Waals surface area contributed by atoms with Crippen LogP contribution in [-0.2, 0) is 9.84 Å². The topological polar surface area (TPSA) is 79.9 Å². The lowest BCUT2D eigenvalue weighted by atomic mass is 10.2. The summed E-state index contributed by atoms with van der Waals surface area (Å²) in [6, 6.07) is 10.2. The molecule has 0 bridgehead atoms. The second kappa shape index (κ2) is 5.75. The number of nitrogens with one attached hydrogen (secondary N) is 1. The van der Waals surface area contributed by atoms with Crippen LogP contribution in [0.1, 0.15) is 15.7 Å². The van der Waals surface area contributed by atoms with Gasteiger partial charge in [0.15, 0.2) is 5.03 Å². The molecule has 0 amide bonds. The molecular weight excluding hydrogens is 332 g/mol. The molecule has 0 aliphatic carbocycles. The largest absolute Gasteiger partial charge is 0.268 e. The van der Waals surface area contributed by atoms with E-state index in [1.165, 1.54) is 23.5 Å². The second-order valence-electron chi connectivity index (χ2n) is 5.15. The molecule has 0 saturated carbocycles. The number of H-pyrrole nitrogens is 1. The van der Waals surface area contributed by atoms with Crippen molar-refractivity contribution < 1.29 is 8.42 Å². The van der Waals surface area contributed by atoms with E-state index in [0.717, 1.165) is 21.7 Å². The maximum Gasteiger partial charge on any atom is 0.264 e. The molecule has 5 nitrogen and oxygen atoms in total. The fourth-order valence-corrected chi connectivity index (χ4v) is 5.21. The van der Waals surface area contributed by atoms with Crippen molar-refractivity contribution in [2.24, 2.45) is 0 Å². The second-order valence-corrected chi connectivity index (χ2v) is 8.28. The van der Waals surface area contributed by atoms with Crippen LogP contribution in [0.15, 0.2) is 58.9 Å². The Morgan fingerprint density at radius 3 is 2.70 bits per heavy atom. The fraction of sp³-hybridized carbons (Fsp3) is 0.125. The predicted molar refractivity (Wildman–Crippen MR) is 91.5 cm³/mol. The zero-order chi connectivity index (χ0) is 16.6. The lowest BCUT2D eigenvalue weighted by Gasteiger charge is -2.10. The summed E-state index contributed by atoms with van der Waals surface area (Å²) in [5.74, 6) is 0. The van der Waals surface area contributed by atoms with Gasteiger partial charge in [0.05, 0.1) is 0 Å². The van der Waals surface area contributed by atoms with E-state index in [9.17, 15) is 13.2 Å². The van der Waals surface area contributed by atoms with Gasteiger partial charge >= 0.3 is 0 Å². The SMILES string of the molecule is C=CC(c1cc2cc(C)ccc2s1)S(=O)(=O)c1ccc(=O)[nH]n1. The predicted octanol–water partition coefficient (Wildman–Crippen LogP) is 2.99. The molecule has 1 unspecified atom stereocenters. The van der Waals surface area contributed by atoms with Gasteiger partial charge in [-0.25, -0.2) is 13.5 Å². The van der Waals surface area contributed by atoms with Gasteiger partial charge in [0.1, 0.15) is 5.25 Å². The summed E-state index contributed by atoms with van der Waals surface area (Å²) in [5.41, 5.74) is 0.665. The number of sulfone groups is 1. The van der Waals surface area contributed by atoms with Crippen molar-refractivity contribution in [3.8, 4) is 0 Å². The van der Waals surface area contributed by atoms with Gasteiger partial charge in [-0.1, -0.05) is 23.8 Å². The highest BCUT2D eigenvalue weighted by Gasteiger charge is 2.29. The smallest absolute Gasteiger partial charge is 0.264 e. The monoisotopic (exact) mass is 346 g/mol. The Hall–Kier alpha value is -2.25. The van der Waals surface area contributed by atoms with Crippen LogP contribution in [0.5, 0.6) is 0 Å². The van der Waals surface area contributed by atoms with Crippen LogP contribution < -0.4 is 5.56 Å². The Balaban J connectivity index is 2.11. The van der Waals surface area contributed by atoms with Gasteiger partial charge in [0.25, 0.3) is 5.56 Å². The van der Waals surface area contributed by atoms with Gasteiger partial charge in [-0.2, -0.15) is 5.10 Å². The van der Waals surface area contributed by atoms with Crippen molar-refractivity contribution in [3.05, 3.63) is 69.8 Å². The summed E-state index contributed by atoms with van der Waals surface area (Å²) in [7, 11) is -3.77.